The molecule has 5 heteroatoms. The molecule has 0 aliphatic rings. The highest BCUT2D eigenvalue weighted by atomic mass is 35.5. The van der Waals surface area contributed by atoms with Crippen molar-refractivity contribution in [1.29, 1.82) is 0 Å². The van der Waals surface area contributed by atoms with Crippen LogP contribution < -0.4 is 10.6 Å². The van der Waals surface area contributed by atoms with Crippen LogP contribution in [-0.2, 0) is 9.53 Å². The molecule has 0 aromatic heterocycles. The van der Waals surface area contributed by atoms with Crippen molar-refractivity contribution in [2.24, 2.45) is 5.92 Å². The van der Waals surface area contributed by atoms with E-state index < -0.39 is 0 Å². The molecule has 0 radical (unpaired) electrons. The minimum absolute atomic E-state index is 0.0915. The Kier molecular flexibility index (Phi) is 7.48. The van der Waals surface area contributed by atoms with E-state index in [0.29, 0.717) is 29.8 Å². The van der Waals surface area contributed by atoms with E-state index in [-0.39, 0.29) is 12.5 Å². The molecule has 0 unspecified atom stereocenters. The highest BCUT2D eigenvalue weighted by molar-refractivity contribution is 6.30. The predicted molar refractivity (Wildman–Crippen MR) is 78.6 cm³/mol. The lowest BCUT2D eigenvalue weighted by Gasteiger charge is -2.08. The number of rotatable bonds is 8. The minimum Gasteiger partial charge on any atom is -0.380 e. The molecule has 0 saturated heterocycles. The number of carbonyl (C=O) groups excluding carboxylic acids is 1. The molecule has 0 aliphatic heterocycles. The molecule has 1 rings (SSSR count). The lowest BCUT2D eigenvalue weighted by Crippen LogP contribution is -2.30. The van der Waals surface area contributed by atoms with Crippen LogP contribution in [0.2, 0.25) is 5.02 Å². The van der Waals surface area contributed by atoms with E-state index in [1.165, 1.54) is 0 Å². The number of hydrogen-bond donors (Lipinski definition) is 2. The maximum Gasteiger partial charge on any atom is 0.238 e. The van der Waals surface area contributed by atoms with Gasteiger partial charge in [0.05, 0.1) is 13.2 Å². The summed E-state index contributed by atoms with van der Waals surface area (Å²) < 4.78 is 5.40. The normalized spacial score (nSPS) is 10.7. The summed E-state index contributed by atoms with van der Waals surface area (Å²) in [7, 11) is 0. The highest BCUT2D eigenvalue weighted by Gasteiger charge is 2.02. The number of nitrogens with one attached hydrogen (secondary N) is 2. The fourth-order valence-corrected chi connectivity index (χ4v) is 1.63. The number of hydrogen-bond acceptors (Lipinski definition) is 3. The smallest absolute Gasteiger partial charge is 0.238 e. The van der Waals surface area contributed by atoms with Crippen LogP contribution in [-0.4, -0.2) is 32.2 Å². The predicted octanol–water partition coefficient (Wildman–Crippen LogP) is 2.54. The SMILES string of the molecule is CC(C)COCCNCC(=O)Nc1cccc(Cl)c1. The molecule has 0 fully saturated rings. The fraction of sp³-hybridized carbons (Fsp3) is 0.500. The number of anilines is 1. The zero-order chi connectivity index (χ0) is 14.1. The summed E-state index contributed by atoms with van der Waals surface area (Å²) in [5.41, 5.74) is 0.704. The van der Waals surface area contributed by atoms with Gasteiger partial charge in [-0.25, -0.2) is 0 Å². The summed E-state index contributed by atoms with van der Waals surface area (Å²) in [6, 6.07) is 7.08. The third-order valence-electron chi connectivity index (χ3n) is 2.27. The first-order valence-corrected chi connectivity index (χ1v) is 6.79. The zero-order valence-corrected chi connectivity index (χ0v) is 12.2. The van der Waals surface area contributed by atoms with Crippen molar-refractivity contribution in [3.63, 3.8) is 0 Å². The second-order valence-electron chi connectivity index (χ2n) is 4.70. The number of halogens is 1. The van der Waals surface area contributed by atoms with Gasteiger partial charge >= 0.3 is 0 Å². The van der Waals surface area contributed by atoms with Gasteiger partial charge in [0.1, 0.15) is 0 Å². The van der Waals surface area contributed by atoms with E-state index in [2.05, 4.69) is 24.5 Å². The maximum absolute atomic E-state index is 11.6. The van der Waals surface area contributed by atoms with Gasteiger partial charge in [-0.3, -0.25) is 4.79 Å². The molecule has 4 nitrogen and oxygen atoms in total. The van der Waals surface area contributed by atoms with Crippen molar-refractivity contribution in [1.82, 2.24) is 5.32 Å². The Balaban J connectivity index is 2.11. The number of benzene rings is 1. The van der Waals surface area contributed by atoms with Crippen molar-refractivity contribution in [3.05, 3.63) is 29.3 Å². The Hall–Kier alpha value is -1.10. The van der Waals surface area contributed by atoms with Crippen molar-refractivity contribution in [2.75, 3.05) is 31.6 Å². The summed E-state index contributed by atoms with van der Waals surface area (Å²) in [5.74, 6) is 0.442. The van der Waals surface area contributed by atoms with Gasteiger partial charge in [-0.2, -0.15) is 0 Å². The largest absolute Gasteiger partial charge is 0.380 e. The van der Waals surface area contributed by atoms with Gasteiger partial charge in [0.2, 0.25) is 5.91 Å². The third-order valence-corrected chi connectivity index (χ3v) is 2.50. The monoisotopic (exact) mass is 284 g/mol. The van der Waals surface area contributed by atoms with Gasteiger partial charge in [0.15, 0.2) is 0 Å². The van der Waals surface area contributed by atoms with E-state index >= 15 is 0 Å². The van der Waals surface area contributed by atoms with Crippen LogP contribution in [0.15, 0.2) is 24.3 Å². The van der Waals surface area contributed by atoms with Gasteiger partial charge in [-0.05, 0) is 24.1 Å². The van der Waals surface area contributed by atoms with Crippen molar-refractivity contribution >= 4 is 23.2 Å². The fourth-order valence-electron chi connectivity index (χ4n) is 1.44. The lowest BCUT2D eigenvalue weighted by molar-refractivity contribution is -0.115. The Morgan fingerprint density at radius 3 is 2.89 bits per heavy atom. The highest BCUT2D eigenvalue weighted by Crippen LogP contribution is 2.14. The molecule has 0 heterocycles. The van der Waals surface area contributed by atoms with Crippen molar-refractivity contribution in [2.45, 2.75) is 13.8 Å². The van der Waals surface area contributed by atoms with Crippen LogP contribution in [0, 0.1) is 5.92 Å². The van der Waals surface area contributed by atoms with Gasteiger partial charge in [-0.15, -0.1) is 0 Å². The number of amides is 1. The standard InChI is InChI=1S/C14H21ClN2O2/c1-11(2)10-19-7-6-16-9-14(18)17-13-5-3-4-12(15)8-13/h3-5,8,11,16H,6-7,9-10H2,1-2H3,(H,17,18). The van der Waals surface area contributed by atoms with E-state index in [4.69, 9.17) is 16.3 Å². The average molecular weight is 285 g/mol. The summed E-state index contributed by atoms with van der Waals surface area (Å²) >= 11 is 5.83. The molecule has 0 spiro atoms. The number of ether oxygens (including phenoxy) is 1. The Morgan fingerprint density at radius 2 is 2.21 bits per heavy atom. The quantitative estimate of drug-likeness (QED) is 0.721. The molecular formula is C14H21ClN2O2. The molecule has 1 aromatic rings. The molecule has 19 heavy (non-hydrogen) atoms. The first kappa shape index (κ1) is 16.0. The van der Waals surface area contributed by atoms with Crippen molar-refractivity contribution < 1.29 is 9.53 Å². The minimum atomic E-state index is -0.0915. The first-order chi connectivity index (χ1) is 9.08. The van der Waals surface area contributed by atoms with Gasteiger partial charge in [-0.1, -0.05) is 31.5 Å². The van der Waals surface area contributed by atoms with Crippen LogP contribution >= 0.6 is 11.6 Å². The Bertz CT molecular complexity index is 397. The molecule has 0 atom stereocenters. The molecule has 0 aliphatic carbocycles. The molecule has 0 saturated carbocycles. The second-order valence-corrected chi connectivity index (χ2v) is 5.14. The Labute approximate surface area is 119 Å². The summed E-state index contributed by atoms with van der Waals surface area (Å²) in [6.07, 6.45) is 0. The van der Waals surface area contributed by atoms with Gasteiger partial charge in [0, 0.05) is 23.9 Å². The first-order valence-electron chi connectivity index (χ1n) is 6.42. The van der Waals surface area contributed by atoms with Gasteiger partial charge < -0.3 is 15.4 Å². The molecule has 1 aromatic carbocycles. The topological polar surface area (TPSA) is 50.4 Å². The molecule has 106 valence electrons. The van der Waals surface area contributed by atoms with Crippen LogP contribution in [0.5, 0.6) is 0 Å². The van der Waals surface area contributed by atoms with E-state index in [1.807, 2.05) is 0 Å². The summed E-state index contributed by atoms with van der Waals surface area (Å²) in [4.78, 5) is 11.6. The van der Waals surface area contributed by atoms with Crippen molar-refractivity contribution in [3.8, 4) is 0 Å². The maximum atomic E-state index is 11.6. The molecule has 1 amide bonds. The average Bonchev–Trinajstić information content (AvgIpc) is 2.33. The van der Waals surface area contributed by atoms with Crippen LogP contribution in [0.1, 0.15) is 13.8 Å². The third kappa shape index (κ3) is 7.82. The lowest BCUT2D eigenvalue weighted by atomic mass is 10.2. The van der Waals surface area contributed by atoms with E-state index in [0.717, 1.165) is 6.61 Å². The molecule has 2 N–H and O–H groups in total. The molecular weight excluding hydrogens is 264 g/mol. The van der Waals surface area contributed by atoms with Gasteiger partial charge in [0.25, 0.3) is 0 Å². The number of carbonyl (C=O) groups is 1. The summed E-state index contributed by atoms with van der Waals surface area (Å²) in [5, 5.41) is 6.39. The van der Waals surface area contributed by atoms with Crippen LogP contribution in [0.4, 0.5) is 5.69 Å². The van der Waals surface area contributed by atoms with E-state index in [9.17, 15) is 4.79 Å². The zero-order valence-electron chi connectivity index (χ0n) is 11.4. The van der Waals surface area contributed by atoms with Crippen LogP contribution in [0.25, 0.3) is 0 Å². The van der Waals surface area contributed by atoms with E-state index in [1.54, 1.807) is 24.3 Å². The Morgan fingerprint density at radius 1 is 1.42 bits per heavy atom. The second kappa shape index (κ2) is 8.91. The summed E-state index contributed by atoms with van der Waals surface area (Å²) in [6.45, 7) is 6.49. The van der Waals surface area contributed by atoms with Crippen LogP contribution in [0.3, 0.4) is 0 Å². The molecule has 0 bridgehead atoms.